The molecule has 2 aromatic carbocycles. The van der Waals surface area contributed by atoms with Gasteiger partial charge in [0.1, 0.15) is 6.29 Å². The van der Waals surface area contributed by atoms with Gasteiger partial charge in [-0.3, -0.25) is 4.79 Å². The molecule has 0 N–H and O–H groups in total. The third-order valence-electron chi connectivity index (χ3n) is 2.78. The summed E-state index contributed by atoms with van der Waals surface area (Å²) in [4.78, 5) is 10.7. The van der Waals surface area contributed by atoms with E-state index in [1.54, 1.807) is 24.3 Å². The van der Waals surface area contributed by atoms with Gasteiger partial charge in [0.15, 0.2) is 0 Å². The average Bonchev–Trinajstić information content (AvgIpc) is 2.44. The van der Waals surface area contributed by atoms with E-state index in [1.165, 1.54) is 18.2 Å². The predicted octanol–water partition coefficient (Wildman–Crippen LogP) is 5.34. The smallest absolute Gasteiger partial charge is 0.298 e. The Morgan fingerprint density at radius 3 is 2.00 bits per heavy atom. The van der Waals surface area contributed by atoms with Gasteiger partial charge < -0.3 is 0 Å². The van der Waals surface area contributed by atoms with Gasteiger partial charge in [-0.2, -0.15) is 13.2 Å². The Morgan fingerprint density at radius 1 is 0.857 bits per heavy atom. The van der Waals surface area contributed by atoms with Crippen LogP contribution in [0.25, 0.3) is 12.2 Å². The SMILES string of the molecule is O=Cc1cc(Cl)cc(/C=C/c2ccc(C(F)(F)F)cc2)c1. The topological polar surface area (TPSA) is 17.1 Å². The van der Waals surface area contributed by atoms with Crippen molar-refractivity contribution in [2.75, 3.05) is 0 Å². The summed E-state index contributed by atoms with van der Waals surface area (Å²) >= 11 is 5.86. The number of alkyl halides is 3. The van der Waals surface area contributed by atoms with E-state index in [-0.39, 0.29) is 0 Å². The van der Waals surface area contributed by atoms with Crippen LogP contribution in [0.4, 0.5) is 13.2 Å². The van der Waals surface area contributed by atoms with Crippen molar-refractivity contribution in [1.82, 2.24) is 0 Å². The van der Waals surface area contributed by atoms with E-state index in [4.69, 9.17) is 11.6 Å². The Morgan fingerprint density at radius 2 is 1.43 bits per heavy atom. The Labute approximate surface area is 124 Å². The highest BCUT2D eigenvalue weighted by Gasteiger charge is 2.29. The van der Waals surface area contributed by atoms with Gasteiger partial charge in [-0.05, 0) is 41.5 Å². The van der Waals surface area contributed by atoms with Crippen LogP contribution in [0.5, 0.6) is 0 Å². The summed E-state index contributed by atoms with van der Waals surface area (Å²) in [5.74, 6) is 0. The molecule has 0 aliphatic carbocycles. The van der Waals surface area contributed by atoms with Crippen molar-refractivity contribution < 1.29 is 18.0 Å². The molecule has 0 saturated heterocycles. The van der Waals surface area contributed by atoms with Crippen molar-refractivity contribution in [1.29, 1.82) is 0 Å². The van der Waals surface area contributed by atoms with Crippen LogP contribution in [-0.4, -0.2) is 6.29 Å². The van der Waals surface area contributed by atoms with Crippen LogP contribution in [0.2, 0.25) is 5.02 Å². The fourth-order valence-corrected chi connectivity index (χ4v) is 2.03. The zero-order valence-electron chi connectivity index (χ0n) is 10.7. The van der Waals surface area contributed by atoms with Crippen LogP contribution >= 0.6 is 11.6 Å². The Kier molecular flexibility index (Phi) is 4.48. The van der Waals surface area contributed by atoms with Gasteiger partial charge in [0.2, 0.25) is 0 Å². The number of halogens is 4. The molecule has 0 atom stereocenters. The quantitative estimate of drug-likeness (QED) is 0.552. The molecule has 0 saturated carbocycles. The van der Waals surface area contributed by atoms with Crippen LogP contribution in [0.15, 0.2) is 42.5 Å². The van der Waals surface area contributed by atoms with Crippen molar-refractivity contribution in [3.05, 3.63) is 69.7 Å². The summed E-state index contributed by atoms with van der Waals surface area (Å²) in [5, 5.41) is 0.423. The molecule has 0 bridgehead atoms. The zero-order valence-corrected chi connectivity index (χ0v) is 11.4. The van der Waals surface area contributed by atoms with Crippen LogP contribution < -0.4 is 0 Å². The molecule has 0 amide bonds. The van der Waals surface area contributed by atoms with Gasteiger partial charge >= 0.3 is 6.18 Å². The molecule has 0 aliphatic rings. The molecule has 2 rings (SSSR count). The van der Waals surface area contributed by atoms with E-state index in [0.29, 0.717) is 28.0 Å². The second kappa shape index (κ2) is 6.14. The summed E-state index contributed by atoms with van der Waals surface area (Å²) in [7, 11) is 0. The normalized spacial score (nSPS) is 11.8. The molecule has 0 aromatic heterocycles. The molecule has 0 radical (unpaired) electrons. The van der Waals surface area contributed by atoms with E-state index >= 15 is 0 Å². The number of hydrogen-bond donors (Lipinski definition) is 0. The Hall–Kier alpha value is -2.07. The summed E-state index contributed by atoms with van der Waals surface area (Å²) in [6.45, 7) is 0. The molecule has 2 aromatic rings. The lowest BCUT2D eigenvalue weighted by Gasteiger charge is -2.06. The fraction of sp³-hybridized carbons (Fsp3) is 0.0625. The number of carbonyl (C=O) groups is 1. The lowest BCUT2D eigenvalue weighted by molar-refractivity contribution is -0.137. The maximum atomic E-state index is 12.4. The van der Waals surface area contributed by atoms with Crippen molar-refractivity contribution in [2.24, 2.45) is 0 Å². The molecule has 0 heterocycles. The minimum atomic E-state index is -4.34. The van der Waals surface area contributed by atoms with Crippen LogP contribution in [0.1, 0.15) is 27.0 Å². The highest BCUT2D eigenvalue weighted by atomic mass is 35.5. The van der Waals surface area contributed by atoms with Crippen LogP contribution in [-0.2, 0) is 6.18 Å². The van der Waals surface area contributed by atoms with Gasteiger partial charge in [0, 0.05) is 10.6 Å². The maximum absolute atomic E-state index is 12.4. The number of carbonyl (C=O) groups excluding carboxylic acids is 1. The van der Waals surface area contributed by atoms with E-state index in [0.717, 1.165) is 12.1 Å². The minimum Gasteiger partial charge on any atom is -0.298 e. The highest BCUT2D eigenvalue weighted by molar-refractivity contribution is 6.31. The van der Waals surface area contributed by atoms with Gasteiger partial charge in [-0.15, -0.1) is 0 Å². The third kappa shape index (κ3) is 4.20. The number of aldehydes is 1. The van der Waals surface area contributed by atoms with Crippen molar-refractivity contribution >= 4 is 30.0 Å². The van der Waals surface area contributed by atoms with Crippen molar-refractivity contribution in [3.8, 4) is 0 Å². The fourth-order valence-electron chi connectivity index (χ4n) is 1.78. The van der Waals surface area contributed by atoms with E-state index in [9.17, 15) is 18.0 Å². The average molecular weight is 311 g/mol. The summed E-state index contributed by atoms with van der Waals surface area (Å²) in [6, 6.07) is 9.64. The van der Waals surface area contributed by atoms with E-state index < -0.39 is 11.7 Å². The first-order valence-electron chi connectivity index (χ1n) is 5.99. The maximum Gasteiger partial charge on any atom is 0.416 e. The predicted molar refractivity (Wildman–Crippen MR) is 77.2 cm³/mol. The lowest BCUT2D eigenvalue weighted by Crippen LogP contribution is -2.03. The first-order valence-corrected chi connectivity index (χ1v) is 6.37. The van der Waals surface area contributed by atoms with E-state index in [2.05, 4.69) is 0 Å². The second-order valence-corrected chi connectivity index (χ2v) is 4.83. The van der Waals surface area contributed by atoms with Gasteiger partial charge in [-0.25, -0.2) is 0 Å². The minimum absolute atomic E-state index is 0.423. The van der Waals surface area contributed by atoms with Gasteiger partial charge in [0.25, 0.3) is 0 Å². The zero-order chi connectivity index (χ0) is 15.5. The highest BCUT2D eigenvalue weighted by Crippen LogP contribution is 2.29. The van der Waals surface area contributed by atoms with Crippen molar-refractivity contribution in [2.45, 2.75) is 6.18 Å². The molecule has 0 fully saturated rings. The lowest BCUT2D eigenvalue weighted by atomic mass is 10.1. The largest absolute Gasteiger partial charge is 0.416 e. The summed E-state index contributed by atoms with van der Waals surface area (Å²) < 4.78 is 37.3. The molecular formula is C16H10ClF3O. The number of rotatable bonds is 3. The van der Waals surface area contributed by atoms with Crippen LogP contribution in [0.3, 0.4) is 0 Å². The van der Waals surface area contributed by atoms with Crippen molar-refractivity contribution in [3.63, 3.8) is 0 Å². The van der Waals surface area contributed by atoms with Gasteiger partial charge in [0.05, 0.1) is 5.56 Å². The molecule has 5 heteroatoms. The Balaban J connectivity index is 2.21. The molecule has 1 nitrogen and oxygen atoms in total. The Bertz CT molecular complexity index is 673. The third-order valence-corrected chi connectivity index (χ3v) is 3.00. The standard InChI is InChI=1S/C16H10ClF3O/c17-15-8-12(7-13(9-15)10-21)2-1-11-3-5-14(6-4-11)16(18,19)20/h1-10H/b2-1+. The molecular weight excluding hydrogens is 301 g/mol. The molecule has 0 spiro atoms. The monoisotopic (exact) mass is 310 g/mol. The first kappa shape index (κ1) is 15.3. The second-order valence-electron chi connectivity index (χ2n) is 4.39. The number of hydrogen-bond acceptors (Lipinski definition) is 1. The first-order chi connectivity index (χ1) is 9.88. The summed E-state index contributed by atoms with van der Waals surface area (Å²) in [6.07, 6.45) is -0.322. The number of benzene rings is 2. The van der Waals surface area contributed by atoms with Gasteiger partial charge in [-0.1, -0.05) is 35.9 Å². The van der Waals surface area contributed by atoms with E-state index in [1.807, 2.05) is 0 Å². The molecule has 108 valence electrons. The molecule has 0 aliphatic heterocycles. The van der Waals surface area contributed by atoms with Crippen LogP contribution in [0, 0.1) is 0 Å². The summed E-state index contributed by atoms with van der Waals surface area (Å²) in [5.41, 5.74) is 1.07. The molecule has 0 unspecified atom stereocenters. The molecule has 21 heavy (non-hydrogen) atoms.